The number of para-hydroxylation sites is 1. The SMILES string of the molecule is C1=CCC(C2=CCC(c3nc(-c4ccc(-c5ccccc5)cc4)nc(-c4cc(-c5cc(-c6ccccc6)cc6ccccc56)cc5oc6ccccc6c45)n3)C=C2)C=C1. The van der Waals surface area contributed by atoms with Crippen LogP contribution in [0.2, 0.25) is 0 Å². The van der Waals surface area contributed by atoms with E-state index in [1.54, 1.807) is 0 Å². The highest BCUT2D eigenvalue weighted by Crippen LogP contribution is 2.43. The minimum Gasteiger partial charge on any atom is -0.456 e. The molecule has 2 unspecified atom stereocenters. The van der Waals surface area contributed by atoms with Gasteiger partial charge in [-0.25, -0.2) is 15.0 Å². The number of rotatable bonds is 7. The van der Waals surface area contributed by atoms with E-state index in [-0.39, 0.29) is 5.92 Å². The van der Waals surface area contributed by atoms with Gasteiger partial charge in [-0.1, -0.05) is 170 Å². The Morgan fingerprint density at radius 2 is 1.14 bits per heavy atom. The first-order chi connectivity index (χ1) is 29.2. The number of nitrogens with zero attached hydrogens (tertiary/aromatic N) is 3. The Kier molecular flexibility index (Phi) is 8.74. The van der Waals surface area contributed by atoms with Gasteiger partial charge in [0.05, 0.1) is 0 Å². The van der Waals surface area contributed by atoms with Gasteiger partial charge in [0.2, 0.25) is 0 Å². The minimum atomic E-state index is -0.00257. The molecular formula is C55H39N3O. The van der Waals surface area contributed by atoms with Crippen molar-refractivity contribution in [3.8, 4) is 56.2 Å². The maximum absolute atomic E-state index is 6.69. The molecule has 280 valence electrons. The molecule has 0 bridgehead atoms. The Morgan fingerprint density at radius 1 is 0.458 bits per heavy atom. The smallest absolute Gasteiger partial charge is 0.164 e. The molecular weight excluding hydrogens is 719 g/mol. The third-order valence-electron chi connectivity index (χ3n) is 11.8. The van der Waals surface area contributed by atoms with Gasteiger partial charge in [0.1, 0.15) is 17.0 Å². The van der Waals surface area contributed by atoms with Crippen molar-refractivity contribution in [2.45, 2.75) is 18.8 Å². The van der Waals surface area contributed by atoms with Crippen LogP contribution in [0.3, 0.4) is 0 Å². The first kappa shape index (κ1) is 34.8. The van der Waals surface area contributed by atoms with Crippen LogP contribution in [0.5, 0.6) is 0 Å². The number of hydrogen-bond acceptors (Lipinski definition) is 4. The molecule has 11 rings (SSSR count). The normalized spacial score (nSPS) is 16.2. The maximum atomic E-state index is 6.69. The van der Waals surface area contributed by atoms with Gasteiger partial charge in [-0.15, -0.1) is 0 Å². The average Bonchev–Trinajstić information content (AvgIpc) is 3.70. The molecule has 0 saturated heterocycles. The summed E-state index contributed by atoms with van der Waals surface area (Å²) in [5.74, 6) is 2.42. The molecule has 0 spiro atoms. The number of furan rings is 1. The average molecular weight is 758 g/mol. The molecule has 0 amide bonds. The van der Waals surface area contributed by atoms with Crippen molar-refractivity contribution in [2.75, 3.05) is 0 Å². The molecule has 2 aliphatic carbocycles. The van der Waals surface area contributed by atoms with Crippen LogP contribution in [0.1, 0.15) is 24.6 Å². The summed E-state index contributed by atoms with van der Waals surface area (Å²) < 4.78 is 6.69. The Hall–Kier alpha value is -7.43. The third kappa shape index (κ3) is 6.59. The van der Waals surface area contributed by atoms with Crippen LogP contribution >= 0.6 is 0 Å². The lowest BCUT2D eigenvalue weighted by Crippen LogP contribution is -2.10. The first-order valence-corrected chi connectivity index (χ1v) is 20.4. The van der Waals surface area contributed by atoms with Crippen molar-refractivity contribution in [1.29, 1.82) is 0 Å². The topological polar surface area (TPSA) is 51.8 Å². The summed E-state index contributed by atoms with van der Waals surface area (Å²) in [5.41, 5.74) is 11.6. The van der Waals surface area contributed by atoms with Crippen molar-refractivity contribution in [1.82, 2.24) is 15.0 Å². The van der Waals surface area contributed by atoms with E-state index in [2.05, 4.69) is 182 Å². The molecule has 4 heteroatoms. The fourth-order valence-corrected chi connectivity index (χ4v) is 8.71. The van der Waals surface area contributed by atoms with Crippen molar-refractivity contribution >= 4 is 32.7 Å². The van der Waals surface area contributed by atoms with E-state index >= 15 is 0 Å². The number of hydrogen-bond donors (Lipinski definition) is 0. The summed E-state index contributed by atoms with van der Waals surface area (Å²) >= 11 is 0. The fraction of sp³-hybridized carbons (Fsp3) is 0.0727. The molecule has 2 aliphatic rings. The van der Waals surface area contributed by atoms with Gasteiger partial charge < -0.3 is 4.42 Å². The monoisotopic (exact) mass is 757 g/mol. The molecule has 7 aromatic carbocycles. The lowest BCUT2D eigenvalue weighted by Gasteiger charge is -2.21. The zero-order valence-corrected chi connectivity index (χ0v) is 32.4. The van der Waals surface area contributed by atoms with Gasteiger partial charge in [0, 0.05) is 33.7 Å². The highest BCUT2D eigenvalue weighted by molar-refractivity contribution is 6.14. The quantitative estimate of drug-likeness (QED) is 0.162. The second-order valence-corrected chi connectivity index (χ2v) is 15.5. The van der Waals surface area contributed by atoms with Crippen LogP contribution in [0.4, 0.5) is 0 Å². The van der Waals surface area contributed by atoms with Gasteiger partial charge in [-0.05, 0) is 92.9 Å². The summed E-state index contributed by atoms with van der Waals surface area (Å²) in [6.45, 7) is 0. The Bertz CT molecular complexity index is 3150. The van der Waals surface area contributed by atoms with Crippen molar-refractivity contribution in [2.24, 2.45) is 5.92 Å². The lowest BCUT2D eigenvalue weighted by atomic mass is 9.86. The number of fused-ring (bicyclic) bond motifs is 4. The largest absolute Gasteiger partial charge is 0.456 e. The third-order valence-corrected chi connectivity index (χ3v) is 11.8. The summed E-state index contributed by atoms with van der Waals surface area (Å²) in [4.78, 5) is 16.0. The second-order valence-electron chi connectivity index (χ2n) is 15.5. The maximum Gasteiger partial charge on any atom is 0.164 e. The molecule has 0 N–H and O–H groups in total. The zero-order chi connectivity index (χ0) is 39.1. The highest BCUT2D eigenvalue weighted by Gasteiger charge is 2.24. The minimum absolute atomic E-state index is 0.00257. The molecule has 4 nitrogen and oxygen atoms in total. The highest BCUT2D eigenvalue weighted by atomic mass is 16.3. The Morgan fingerprint density at radius 3 is 1.90 bits per heavy atom. The molecule has 2 heterocycles. The van der Waals surface area contributed by atoms with Crippen LogP contribution in [-0.2, 0) is 0 Å². The van der Waals surface area contributed by atoms with E-state index in [1.807, 2.05) is 18.2 Å². The van der Waals surface area contributed by atoms with E-state index in [0.717, 1.165) is 74.0 Å². The molecule has 2 atom stereocenters. The number of benzene rings is 7. The summed E-state index contributed by atoms with van der Waals surface area (Å²) in [6, 6.07) is 55.5. The molecule has 59 heavy (non-hydrogen) atoms. The molecule has 2 aromatic heterocycles. The van der Waals surface area contributed by atoms with Crippen molar-refractivity contribution < 1.29 is 4.42 Å². The van der Waals surface area contributed by atoms with E-state index in [9.17, 15) is 0 Å². The molecule has 0 radical (unpaired) electrons. The van der Waals surface area contributed by atoms with E-state index in [0.29, 0.717) is 17.6 Å². The van der Waals surface area contributed by atoms with Crippen LogP contribution in [-0.4, -0.2) is 15.0 Å². The molecule has 9 aromatic rings. The van der Waals surface area contributed by atoms with Crippen LogP contribution in [0.25, 0.3) is 88.9 Å². The van der Waals surface area contributed by atoms with Gasteiger partial charge in [-0.2, -0.15) is 0 Å². The number of aromatic nitrogens is 3. The van der Waals surface area contributed by atoms with Gasteiger partial charge in [0.15, 0.2) is 11.6 Å². The Labute approximate surface area is 343 Å². The second kappa shape index (κ2) is 14.8. The molecule has 0 aliphatic heterocycles. The predicted molar refractivity (Wildman–Crippen MR) is 243 cm³/mol. The lowest BCUT2D eigenvalue weighted by molar-refractivity contribution is 0.669. The van der Waals surface area contributed by atoms with Crippen LogP contribution < -0.4 is 0 Å². The van der Waals surface area contributed by atoms with E-state index in [1.165, 1.54) is 27.5 Å². The Balaban J connectivity index is 1.11. The van der Waals surface area contributed by atoms with Gasteiger partial charge >= 0.3 is 0 Å². The number of allylic oxidation sites excluding steroid dienone is 8. The molecule has 0 fully saturated rings. The predicted octanol–water partition coefficient (Wildman–Crippen LogP) is 14.4. The summed E-state index contributed by atoms with van der Waals surface area (Å²) in [5, 5.41) is 4.37. The van der Waals surface area contributed by atoms with Crippen LogP contribution in [0.15, 0.2) is 210 Å². The standard InChI is InChI=1S/C55H39N3O/c1-4-14-36(15-5-1)39-24-28-41(29-25-39)53-56-54(42-30-26-40(27-31-42)37-16-6-2-7-17-37)58-55(57-53)49-34-45(35-51-52(49)47-22-12-13-23-50(47)59-51)48-33-44(38-18-8-3-9-19-38)32-43-20-10-11-21-46(43)48/h1-16,18-30,32-35,37,42H,17,31H2. The van der Waals surface area contributed by atoms with Crippen molar-refractivity contribution in [3.63, 3.8) is 0 Å². The van der Waals surface area contributed by atoms with Crippen LogP contribution in [0, 0.1) is 5.92 Å². The first-order valence-electron chi connectivity index (χ1n) is 20.4. The van der Waals surface area contributed by atoms with E-state index < -0.39 is 0 Å². The fourth-order valence-electron chi connectivity index (χ4n) is 8.71. The summed E-state index contributed by atoms with van der Waals surface area (Å²) in [7, 11) is 0. The zero-order valence-electron chi connectivity index (χ0n) is 32.4. The van der Waals surface area contributed by atoms with E-state index in [4.69, 9.17) is 19.4 Å². The van der Waals surface area contributed by atoms with Gasteiger partial charge in [-0.3, -0.25) is 0 Å². The molecule has 0 saturated carbocycles. The van der Waals surface area contributed by atoms with Gasteiger partial charge in [0.25, 0.3) is 0 Å². The van der Waals surface area contributed by atoms with Crippen molar-refractivity contribution in [3.05, 3.63) is 212 Å². The summed E-state index contributed by atoms with van der Waals surface area (Å²) in [6.07, 6.45) is 17.6.